The predicted octanol–water partition coefficient (Wildman–Crippen LogP) is 4.11. The monoisotopic (exact) mass is 250 g/mol. The lowest BCUT2D eigenvalue weighted by Crippen LogP contribution is -2.25. The molecule has 0 aliphatic carbocycles. The molecule has 0 atom stereocenters. The second-order valence-corrected chi connectivity index (χ2v) is 14.5. The van der Waals surface area contributed by atoms with E-state index in [2.05, 4.69) is 46.2 Å². The zero-order valence-corrected chi connectivity index (χ0v) is 13.9. The Balaban J connectivity index is 0. The van der Waals surface area contributed by atoms with Gasteiger partial charge in [0.2, 0.25) is 0 Å². The third-order valence-electron chi connectivity index (χ3n) is 1.32. The van der Waals surface area contributed by atoms with Gasteiger partial charge in [-0.15, -0.1) is 0 Å². The van der Waals surface area contributed by atoms with Crippen molar-refractivity contribution in [3.63, 3.8) is 0 Å². The maximum atomic E-state index is 5.52. The standard InChI is InChI=1S/C6H16OSi.C5H14OSi/c1-5-6-7-8(2,3)4;1-5-6-7(2,3)4/h5-6H2,1-4H3;5H2,1-4H3. The minimum Gasteiger partial charge on any atom is -0.418 e. The van der Waals surface area contributed by atoms with Crippen LogP contribution in [0, 0.1) is 0 Å². The summed E-state index contributed by atoms with van der Waals surface area (Å²) in [5.74, 6) is 0. The third-order valence-corrected chi connectivity index (χ3v) is 3.54. The molecule has 0 saturated heterocycles. The summed E-state index contributed by atoms with van der Waals surface area (Å²) in [6.07, 6.45) is 1.14. The van der Waals surface area contributed by atoms with Crippen molar-refractivity contribution in [3.05, 3.63) is 0 Å². The van der Waals surface area contributed by atoms with Crippen LogP contribution in [-0.4, -0.2) is 29.8 Å². The van der Waals surface area contributed by atoms with Crippen LogP contribution < -0.4 is 0 Å². The lowest BCUT2D eigenvalue weighted by Gasteiger charge is -2.15. The SMILES string of the molecule is CCCO[Si](C)(C)C.CCO[Si](C)(C)C. The Labute approximate surface area is 98.6 Å². The van der Waals surface area contributed by atoms with Crippen molar-refractivity contribution in [2.24, 2.45) is 0 Å². The molecule has 0 spiro atoms. The van der Waals surface area contributed by atoms with E-state index in [4.69, 9.17) is 8.85 Å². The summed E-state index contributed by atoms with van der Waals surface area (Å²) in [7, 11) is -2.34. The topological polar surface area (TPSA) is 18.5 Å². The Kier molecular flexibility index (Phi) is 10.1. The summed E-state index contributed by atoms with van der Waals surface area (Å²) in [5.41, 5.74) is 0. The maximum absolute atomic E-state index is 5.52. The molecule has 0 N–H and O–H groups in total. The molecule has 0 bridgehead atoms. The van der Waals surface area contributed by atoms with Crippen molar-refractivity contribution < 1.29 is 8.85 Å². The van der Waals surface area contributed by atoms with Crippen molar-refractivity contribution >= 4 is 16.6 Å². The second kappa shape index (κ2) is 8.50. The van der Waals surface area contributed by atoms with Crippen LogP contribution in [-0.2, 0) is 8.85 Å². The summed E-state index contributed by atoms with van der Waals surface area (Å²) >= 11 is 0. The lowest BCUT2D eigenvalue weighted by atomic mass is 10.5. The molecule has 0 heterocycles. The lowest BCUT2D eigenvalue weighted by molar-refractivity contribution is 0.311. The summed E-state index contributed by atoms with van der Waals surface area (Å²) < 4.78 is 10.9. The number of hydrogen-bond donors (Lipinski definition) is 0. The van der Waals surface area contributed by atoms with Gasteiger partial charge in [0.15, 0.2) is 16.6 Å². The summed E-state index contributed by atoms with van der Waals surface area (Å²) in [6.45, 7) is 19.2. The Morgan fingerprint density at radius 1 is 0.733 bits per heavy atom. The van der Waals surface area contributed by atoms with Gasteiger partial charge in [-0.05, 0) is 52.6 Å². The number of hydrogen-bond acceptors (Lipinski definition) is 2. The minimum absolute atomic E-state index is 0.871. The van der Waals surface area contributed by atoms with Gasteiger partial charge in [-0.25, -0.2) is 0 Å². The molecule has 94 valence electrons. The van der Waals surface area contributed by atoms with Gasteiger partial charge in [0.1, 0.15) is 0 Å². The molecular weight excluding hydrogens is 220 g/mol. The first-order valence-electron chi connectivity index (χ1n) is 5.90. The first-order valence-corrected chi connectivity index (χ1v) is 12.7. The normalized spacial score (nSPS) is 12.0. The molecule has 0 radical (unpaired) electrons. The molecule has 0 aromatic rings. The van der Waals surface area contributed by atoms with Crippen LogP contribution in [0.1, 0.15) is 20.3 Å². The van der Waals surface area contributed by atoms with Gasteiger partial charge in [-0.2, -0.15) is 0 Å². The van der Waals surface area contributed by atoms with Crippen molar-refractivity contribution in [1.29, 1.82) is 0 Å². The molecule has 15 heavy (non-hydrogen) atoms. The average Bonchev–Trinajstić information content (AvgIpc) is 1.98. The molecule has 0 amide bonds. The molecule has 0 unspecified atom stereocenters. The van der Waals surface area contributed by atoms with Crippen LogP contribution >= 0.6 is 0 Å². The van der Waals surface area contributed by atoms with Gasteiger partial charge in [-0.1, -0.05) is 6.92 Å². The van der Waals surface area contributed by atoms with Gasteiger partial charge < -0.3 is 8.85 Å². The van der Waals surface area contributed by atoms with E-state index in [0.29, 0.717) is 0 Å². The highest BCUT2D eigenvalue weighted by molar-refractivity contribution is 6.70. The quantitative estimate of drug-likeness (QED) is 0.684. The zero-order chi connectivity index (χ0) is 12.5. The number of rotatable bonds is 5. The highest BCUT2D eigenvalue weighted by atomic mass is 28.4. The van der Waals surface area contributed by atoms with E-state index in [1.54, 1.807) is 0 Å². The molecule has 0 rings (SSSR count). The Morgan fingerprint density at radius 3 is 1.20 bits per heavy atom. The fourth-order valence-corrected chi connectivity index (χ4v) is 2.52. The predicted molar refractivity (Wildman–Crippen MR) is 74.6 cm³/mol. The average molecular weight is 251 g/mol. The van der Waals surface area contributed by atoms with Crippen molar-refractivity contribution in [3.8, 4) is 0 Å². The van der Waals surface area contributed by atoms with E-state index in [0.717, 1.165) is 19.6 Å². The fourth-order valence-electron chi connectivity index (χ4n) is 0.841. The molecule has 0 aromatic carbocycles. The maximum Gasteiger partial charge on any atom is 0.183 e. The summed E-state index contributed by atoms with van der Waals surface area (Å²) in [4.78, 5) is 0. The largest absolute Gasteiger partial charge is 0.418 e. The fraction of sp³-hybridized carbons (Fsp3) is 1.00. The third kappa shape index (κ3) is 25.0. The van der Waals surface area contributed by atoms with E-state index in [1.807, 2.05) is 6.92 Å². The van der Waals surface area contributed by atoms with Crippen molar-refractivity contribution in [2.75, 3.05) is 13.2 Å². The van der Waals surface area contributed by atoms with Gasteiger partial charge in [0.05, 0.1) is 0 Å². The van der Waals surface area contributed by atoms with Crippen LogP contribution in [0.5, 0.6) is 0 Å². The smallest absolute Gasteiger partial charge is 0.183 e. The Bertz CT molecular complexity index is 137. The van der Waals surface area contributed by atoms with Gasteiger partial charge in [0, 0.05) is 13.2 Å². The van der Waals surface area contributed by atoms with Crippen LogP contribution in [0.2, 0.25) is 39.3 Å². The molecule has 0 aliphatic heterocycles. The van der Waals surface area contributed by atoms with Gasteiger partial charge in [0.25, 0.3) is 0 Å². The molecule has 0 saturated carbocycles. The van der Waals surface area contributed by atoms with E-state index in [-0.39, 0.29) is 0 Å². The van der Waals surface area contributed by atoms with E-state index in [9.17, 15) is 0 Å². The second-order valence-electron chi connectivity index (χ2n) is 5.51. The molecule has 0 fully saturated rings. The van der Waals surface area contributed by atoms with Crippen molar-refractivity contribution in [2.45, 2.75) is 59.6 Å². The van der Waals surface area contributed by atoms with Crippen LogP contribution in [0.3, 0.4) is 0 Å². The van der Waals surface area contributed by atoms with Gasteiger partial charge >= 0.3 is 0 Å². The van der Waals surface area contributed by atoms with E-state index < -0.39 is 16.6 Å². The molecule has 0 aliphatic rings. The van der Waals surface area contributed by atoms with E-state index in [1.165, 1.54) is 0 Å². The zero-order valence-electron chi connectivity index (χ0n) is 11.9. The van der Waals surface area contributed by atoms with Crippen LogP contribution in [0.25, 0.3) is 0 Å². The van der Waals surface area contributed by atoms with Crippen molar-refractivity contribution in [1.82, 2.24) is 0 Å². The van der Waals surface area contributed by atoms with Gasteiger partial charge in [-0.3, -0.25) is 0 Å². The summed E-state index contributed by atoms with van der Waals surface area (Å²) in [5, 5.41) is 0. The molecule has 4 heteroatoms. The van der Waals surface area contributed by atoms with Crippen LogP contribution in [0.15, 0.2) is 0 Å². The minimum atomic E-state index is -1.18. The Morgan fingerprint density at radius 2 is 1.13 bits per heavy atom. The highest BCUT2D eigenvalue weighted by Crippen LogP contribution is 2.02. The molecular formula is C11H30O2Si2. The highest BCUT2D eigenvalue weighted by Gasteiger charge is 2.12. The molecule has 0 aromatic heterocycles. The summed E-state index contributed by atoms with van der Waals surface area (Å²) in [6, 6.07) is 0. The van der Waals surface area contributed by atoms with E-state index >= 15 is 0 Å². The first-order chi connectivity index (χ1) is 6.62. The Hall–Kier alpha value is 0.354. The van der Waals surface area contributed by atoms with Crippen LogP contribution in [0.4, 0.5) is 0 Å². The molecule has 2 nitrogen and oxygen atoms in total. The first kappa shape index (κ1) is 17.7.